The zero-order valence-corrected chi connectivity index (χ0v) is 12.1. The van der Waals surface area contributed by atoms with E-state index in [1.165, 1.54) is 4.88 Å². The van der Waals surface area contributed by atoms with Crippen molar-refractivity contribution in [1.29, 1.82) is 0 Å². The van der Waals surface area contributed by atoms with Crippen molar-refractivity contribution in [3.8, 4) is 0 Å². The maximum Gasteiger partial charge on any atom is 0.168 e. The van der Waals surface area contributed by atoms with Gasteiger partial charge in [-0.05, 0) is 37.1 Å². The van der Waals surface area contributed by atoms with Crippen LogP contribution in [0.25, 0.3) is 0 Å². The molecule has 0 saturated heterocycles. The zero-order valence-electron chi connectivity index (χ0n) is 10.5. The van der Waals surface area contributed by atoms with Gasteiger partial charge >= 0.3 is 0 Å². The maximum absolute atomic E-state index is 12.2. The number of carbonyl (C=O) groups excluding carboxylic acids is 1. The van der Waals surface area contributed by atoms with Crippen molar-refractivity contribution in [3.63, 3.8) is 0 Å². The van der Waals surface area contributed by atoms with E-state index in [0.717, 1.165) is 22.4 Å². The van der Waals surface area contributed by atoms with Gasteiger partial charge in [-0.1, -0.05) is 30.7 Å². The molecule has 0 radical (unpaired) electrons. The Kier molecular flexibility index (Phi) is 4.20. The zero-order chi connectivity index (χ0) is 13.1. The van der Waals surface area contributed by atoms with E-state index in [1.54, 1.807) is 11.3 Å². The molecule has 1 aromatic carbocycles. The van der Waals surface area contributed by atoms with Crippen molar-refractivity contribution in [1.82, 2.24) is 0 Å². The van der Waals surface area contributed by atoms with Crippen molar-refractivity contribution in [2.24, 2.45) is 0 Å². The van der Waals surface area contributed by atoms with Crippen LogP contribution in [0, 0.1) is 6.92 Å². The number of hydrogen-bond donors (Lipinski definition) is 0. The molecule has 0 bridgehead atoms. The summed E-state index contributed by atoms with van der Waals surface area (Å²) in [5, 5.41) is 0.654. The molecule has 0 aliphatic carbocycles. The number of carbonyl (C=O) groups is 1. The van der Waals surface area contributed by atoms with Crippen LogP contribution in [0.3, 0.4) is 0 Å². The molecule has 1 nitrogen and oxygen atoms in total. The number of aryl methyl sites for hydroxylation is 1. The van der Waals surface area contributed by atoms with Gasteiger partial charge in [0.2, 0.25) is 0 Å². The molecule has 0 saturated carbocycles. The van der Waals surface area contributed by atoms with E-state index in [4.69, 9.17) is 11.6 Å². The third-order valence-corrected chi connectivity index (χ3v) is 4.61. The molecule has 0 N–H and O–H groups in total. The molecule has 18 heavy (non-hydrogen) atoms. The van der Waals surface area contributed by atoms with E-state index in [2.05, 4.69) is 13.0 Å². The minimum Gasteiger partial charge on any atom is -0.294 e. The minimum atomic E-state index is 0.138. The third-order valence-electron chi connectivity index (χ3n) is 2.97. The maximum atomic E-state index is 12.2. The van der Waals surface area contributed by atoms with Crippen LogP contribution in [-0.2, 0) is 12.8 Å². The fourth-order valence-electron chi connectivity index (χ4n) is 1.87. The molecule has 2 aromatic rings. The second-order valence-corrected chi connectivity index (χ2v) is 5.89. The first-order chi connectivity index (χ1) is 8.61. The lowest BCUT2D eigenvalue weighted by Crippen LogP contribution is -2.04. The van der Waals surface area contributed by atoms with Gasteiger partial charge in [0, 0.05) is 26.8 Å². The SMILES string of the molecule is CCc1ccc(CC(=O)c2cccc(Cl)c2C)s1. The van der Waals surface area contributed by atoms with Gasteiger partial charge in [-0.3, -0.25) is 4.79 Å². The van der Waals surface area contributed by atoms with Gasteiger partial charge < -0.3 is 0 Å². The van der Waals surface area contributed by atoms with Crippen LogP contribution in [0.4, 0.5) is 0 Å². The summed E-state index contributed by atoms with van der Waals surface area (Å²) < 4.78 is 0. The number of rotatable bonds is 4. The highest BCUT2D eigenvalue weighted by atomic mass is 35.5. The molecule has 3 heteroatoms. The van der Waals surface area contributed by atoms with Crippen molar-refractivity contribution < 1.29 is 4.79 Å². The molecule has 0 aliphatic rings. The topological polar surface area (TPSA) is 17.1 Å². The Morgan fingerprint density at radius 1 is 1.22 bits per heavy atom. The lowest BCUT2D eigenvalue weighted by atomic mass is 10.0. The van der Waals surface area contributed by atoms with Crippen LogP contribution in [0.1, 0.15) is 32.6 Å². The number of Topliss-reactive ketones (excluding diaryl/α,β-unsaturated/α-hetero) is 1. The normalized spacial score (nSPS) is 10.6. The van der Waals surface area contributed by atoms with E-state index < -0.39 is 0 Å². The van der Waals surface area contributed by atoms with Crippen LogP contribution in [0.2, 0.25) is 5.02 Å². The van der Waals surface area contributed by atoms with Crippen LogP contribution in [0.15, 0.2) is 30.3 Å². The number of thiophene rings is 1. The Labute approximate surface area is 116 Å². The van der Waals surface area contributed by atoms with Crippen LogP contribution >= 0.6 is 22.9 Å². The molecular weight excluding hydrogens is 264 g/mol. The second-order valence-electron chi connectivity index (χ2n) is 4.23. The minimum absolute atomic E-state index is 0.138. The fourth-order valence-corrected chi connectivity index (χ4v) is 3.00. The summed E-state index contributed by atoms with van der Waals surface area (Å²) in [7, 11) is 0. The van der Waals surface area contributed by atoms with Crippen LogP contribution < -0.4 is 0 Å². The molecule has 0 atom stereocenters. The summed E-state index contributed by atoms with van der Waals surface area (Å²) in [6.45, 7) is 4.01. The summed E-state index contributed by atoms with van der Waals surface area (Å²) in [4.78, 5) is 14.7. The Balaban J connectivity index is 2.19. The first-order valence-electron chi connectivity index (χ1n) is 5.97. The smallest absolute Gasteiger partial charge is 0.168 e. The summed E-state index contributed by atoms with van der Waals surface area (Å²) in [5.74, 6) is 0.138. The first kappa shape index (κ1) is 13.3. The molecule has 1 aromatic heterocycles. The van der Waals surface area contributed by atoms with Crippen LogP contribution in [-0.4, -0.2) is 5.78 Å². The third kappa shape index (κ3) is 2.82. The quantitative estimate of drug-likeness (QED) is 0.741. The van der Waals surface area contributed by atoms with E-state index in [0.29, 0.717) is 11.4 Å². The van der Waals surface area contributed by atoms with Crippen molar-refractivity contribution in [3.05, 3.63) is 56.2 Å². The van der Waals surface area contributed by atoms with E-state index in [9.17, 15) is 4.79 Å². The number of hydrogen-bond acceptors (Lipinski definition) is 2. The van der Waals surface area contributed by atoms with Gasteiger partial charge in [0.1, 0.15) is 0 Å². The van der Waals surface area contributed by atoms with Crippen molar-refractivity contribution in [2.45, 2.75) is 26.7 Å². The molecule has 0 fully saturated rings. The highest BCUT2D eigenvalue weighted by Crippen LogP contribution is 2.23. The average molecular weight is 279 g/mol. The molecule has 0 unspecified atom stereocenters. The predicted molar refractivity (Wildman–Crippen MR) is 77.9 cm³/mol. The molecular formula is C15H15ClOS. The second kappa shape index (κ2) is 5.68. The highest BCUT2D eigenvalue weighted by Gasteiger charge is 2.12. The van der Waals surface area contributed by atoms with E-state index >= 15 is 0 Å². The number of benzene rings is 1. The number of halogens is 1. The molecule has 0 spiro atoms. The van der Waals surface area contributed by atoms with Gasteiger partial charge in [-0.2, -0.15) is 0 Å². The fraction of sp³-hybridized carbons (Fsp3) is 0.267. The average Bonchev–Trinajstić information content (AvgIpc) is 2.80. The van der Waals surface area contributed by atoms with E-state index in [-0.39, 0.29) is 5.78 Å². The standard InChI is InChI=1S/C15H15ClOS/c1-3-11-7-8-12(18-11)9-15(17)13-5-4-6-14(16)10(13)2/h4-8H,3,9H2,1-2H3. The van der Waals surface area contributed by atoms with Crippen molar-refractivity contribution >= 4 is 28.7 Å². The van der Waals surface area contributed by atoms with Gasteiger partial charge in [-0.25, -0.2) is 0 Å². The van der Waals surface area contributed by atoms with Gasteiger partial charge in [0.25, 0.3) is 0 Å². The predicted octanol–water partition coefficient (Wildman–Crippen LogP) is 4.70. The summed E-state index contributed by atoms with van der Waals surface area (Å²) in [6.07, 6.45) is 1.49. The van der Waals surface area contributed by atoms with Gasteiger partial charge in [0.15, 0.2) is 5.78 Å². The summed E-state index contributed by atoms with van der Waals surface area (Å²) in [6, 6.07) is 9.62. The summed E-state index contributed by atoms with van der Waals surface area (Å²) in [5.41, 5.74) is 1.60. The van der Waals surface area contributed by atoms with Gasteiger partial charge in [0.05, 0.1) is 0 Å². The number of ketones is 1. The molecule has 0 amide bonds. The Morgan fingerprint density at radius 3 is 2.61 bits per heavy atom. The highest BCUT2D eigenvalue weighted by molar-refractivity contribution is 7.12. The van der Waals surface area contributed by atoms with Crippen LogP contribution in [0.5, 0.6) is 0 Å². The lowest BCUT2D eigenvalue weighted by Gasteiger charge is -2.05. The monoisotopic (exact) mass is 278 g/mol. The Hall–Kier alpha value is -1.12. The summed E-state index contributed by atoms with van der Waals surface area (Å²) >= 11 is 7.75. The van der Waals surface area contributed by atoms with Crippen molar-refractivity contribution in [2.75, 3.05) is 0 Å². The molecule has 0 aliphatic heterocycles. The molecule has 2 rings (SSSR count). The Morgan fingerprint density at radius 2 is 1.94 bits per heavy atom. The largest absolute Gasteiger partial charge is 0.294 e. The van der Waals surface area contributed by atoms with Gasteiger partial charge in [-0.15, -0.1) is 11.3 Å². The molecule has 1 heterocycles. The Bertz CT molecular complexity index is 572. The lowest BCUT2D eigenvalue weighted by molar-refractivity contribution is 0.0993. The molecule has 94 valence electrons. The van der Waals surface area contributed by atoms with E-state index in [1.807, 2.05) is 31.2 Å². The first-order valence-corrected chi connectivity index (χ1v) is 7.17.